The fourth-order valence-corrected chi connectivity index (χ4v) is 1.37. The largest absolute Gasteiger partial charge is 0.461 e. The Labute approximate surface area is 99.6 Å². The van der Waals surface area contributed by atoms with Gasteiger partial charge in [-0.15, -0.1) is 0 Å². The van der Waals surface area contributed by atoms with Crippen molar-refractivity contribution >= 4 is 18.5 Å². The molecule has 0 atom stereocenters. The third kappa shape index (κ3) is 4.59. The molecule has 0 amide bonds. The average Bonchev–Trinajstić information content (AvgIpc) is 2.37. The fraction of sp³-hybridized carbons (Fsp3) is 0.308. The van der Waals surface area contributed by atoms with Crippen molar-refractivity contribution in [3.05, 3.63) is 35.9 Å². The number of benzene rings is 1. The molecular formula is C13H14O4. The summed E-state index contributed by atoms with van der Waals surface area (Å²) in [5.41, 5.74) is 0.872. The van der Waals surface area contributed by atoms with Crippen molar-refractivity contribution in [2.45, 2.75) is 19.4 Å². The van der Waals surface area contributed by atoms with Gasteiger partial charge in [0.05, 0.1) is 5.92 Å². The van der Waals surface area contributed by atoms with E-state index in [0.717, 1.165) is 5.56 Å². The predicted molar refractivity (Wildman–Crippen MR) is 61.1 cm³/mol. The summed E-state index contributed by atoms with van der Waals surface area (Å²) >= 11 is 0. The zero-order valence-corrected chi connectivity index (χ0v) is 9.37. The van der Waals surface area contributed by atoms with Gasteiger partial charge >= 0.3 is 5.97 Å². The highest BCUT2D eigenvalue weighted by Gasteiger charge is 2.19. The molecule has 0 N–H and O–H groups in total. The monoisotopic (exact) mass is 234 g/mol. The van der Waals surface area contributed by atoms with Crippen LogP contribution in [0.15, 0.2) is 30.3 Å². The van der Waals surface area contributed by atoms with Crippen molar-refractivity contribution < 1.29 is 19.1 Å². The first-order valence-corrected chi connectivity index (χ1v) is 5.35. The number of carbonyl (C=O) groups is 3. The number of hydrogen-bond donors (Lipinski definition) is 0. The van der Waals surface area contributed by atoms with Gasteiger partial charge in [0, 0.05) is 12.8 Å². The average molecular weight is 234 g/mol. The number of esters is 1. The van der Waals surface area contributed by atoms with Gasteiger partial charge in [-0.25, -0.2) is 0 Å². The van der Waals surface area contributed by atoms with Gasteiger partial charge in [0.2, 0.25) is 0 Å². The highest BCUT2D eigenvalue weighted by molar-refractivity contribution is 5.78. The minimum atomic E-state index is -0.659. The Kier molecular flexibility index (Phi) is 5.64. The quantitative estimate of drug-likeness (QED) is 0.530. The topological polar surface area (TPSA) is 60.4 Å². The maximum absolute atomic E-state index is 11.6. The van der Waals surface area contributed by atoms with Crippen LogP contribution in [0.5, 0.6) is 0 Å². The van der Waals surface area contributed by atoms with E-state index in [-0.39, 0.29) is 19.4 Å². The van der Waals surface area contributed by atoms with Gasteiger partial charge in [0.25, 0.3) is 0 Å². The van der Waals surface area contributed by atoms with E-state index in [1.807, 2.05) is 30.3 Å². The van der Waals surface area contributed by atoms with Crippen molar-refractivity contribution in [3.63, 3.8) is 0 Å². The highest BCUT2D eigenvalue weighted by atomic mass is 16.5. The number of hydrogen-bond acceptors (Lipinski definition) is 4. The molecule has 1 aromatic rings. The van der Waals surface area contributed by atoms with Crippen LogP contribution in [-0.4, -0.2) is 18.5 Å². The van der Waals surface area contributed by atoms with E-state index >= 15 is 0 Å². The zero-order chi connectivity index (χ0) is 12.5. The first-order valence-electron chi connectivity index (χ1n) is 5.35. The van der Waals surface area contributed by atoms with Crippen molar-refractivity contribution in [2.24, 2.45) is 5.92 Å². The lowest BCUT2D eigenvalue weighted by molar-refractivity contribution is -0.151. The molecule has 0 saturated carbocycles. The second-order valence-corrected chi connectivity index (χ2v) is 3.59. The number of carbonyl (C=O) groups excluding carboxylic acids is 3. The summed E-state index contributed by atoms with van der Waals surface area (Å²) in [4.78, 5) is 32.2. The van der Waals surface area contributed by atoms with Gasteiger partial charge < -0.3 is 14.3 Å². The van der Waals surface area contributed by atoms with E-state index in [0.29, 0.717) is 12.6 Å². The number of ether oxygens (including phenoxy) is 1. The predicted octanol–water partition coefficient (Wildman–Crippen LogP) is 1.52. The Morgan fingerprint density at radius 1 is 1.12 bits per heavy atom. The van der Waals surface area contributed by atoms with Crippen LogP contribution in [0.1, 0.15) is 18.4 Å². The molecule has 4 nitrogen and oxygen atoms in total. The molecule has 0 aromatic heterocycles. The summed E-state index contributed by atoms with van der Waals surface area (Å²) in [6.07, 6.45) is 1.29. The van der Waals surface area contributed by atoms with Crippen molar-refractivity contribution in [2.75, 3.05) is 0 Å². The van der Waals surface area contributed by atoms with E-state index in [2.05, 4.69) is 0 Å². The van der Waals surface area contributed by atoms with Crippen LogP contribution in [0.4, 0.5) is 0 Å². The lowest BCUT2D eigenvalue weighted by Gasteiger charge is -2.10. The molecule has 17 heavy (non-hydrogen) atoms. The van der Waals surface area contributed by atoms with Crippen LogP contribution in [0.2, 0.25) is 0 Å². The zero-order valence-electron chi connectivity index (χ0n) is 9.37. The molecule has 0 aliphatic carbocycles. The Bertz CT molecular complexity index is 362. The minimum Gasteiger partial charge on any atom is -0.461 e. The van der Waals surface area contributed by atoms with E-state index < -0.39 is 11.9 Å². The molecule has 0 heterocycles. The standard InChI is InChI=1S/C13H14O4/c14-8-6-12(7-9-15)13(16)17-10-11-4-2-1-3-5-11/h1-5,8-9,12H,6-7,10H2. The first-order chi connectivity index (χ1) is 8.27. The van der Waals surface area contributed by atoms with Gasteiger partial charge in [0.1, 0.15) is 19.2 Å². The van der Waals surface area contributed by atoms with Gasteiger partial charge in [-0.3, -0.25) is 4.79 Å². The first kappa shape index (κ1) is 13.1. The second kappa shape index (κ2) is 7.33. The maximum atomic E-state index is 11.6. The molecule has 0 unspecified atom stereocenters. The van der Waals surface area contributed by atoms with Crippen LogP contribution in [-0.2, 0) is 25.7 Å². The second-order valence-electron chi connectivity index (χ2n) is 3.59. The van der Waals surface area contributed by atoms with Gasteiger partial charge in [0.15, 0.2) is 0 Å². The normalized spacial score (nSPS) is 9.94. The number of rotatable bonds is 7. The van der Waals surface area contributed by atoms with Crippen LogP contribution < -0.4 is 0 Å². The molecule has 4 heteroatoms. The molecule has 0 spiro atoms. The summed E-state index contributed by atoms with van der Waals surface area (Å²) in [6.45, 7) is 0.161. The number of aldehydes is 2. The molecule has 1 aromatic carbocycles. The molecule has 0 saturated heterocycles. The Hall–Kier alpha value is -1.97. The molecule has 0 fully saturated rings. The summed E-state index contributed by atoms with van der Waals surface area (Å²) in [5.74, 6) is -1.17. The molecule has 0 bridgehead atoms. The molecule has 0 aliphatic heterocycles. The Morgan fingerprint density at radius 2 is 1.71 bits per heavy atom. The third-order valence-electron chi connectivity index (χ3n) is 2.32. The van der Waals surface area contributed by atoms with Crippen LogP contribution in [0, 0.1) is 5.92 Å². The van der Waals surface area contributed by atoms with Crippen molar-refractivity contribution in [3.8, 4) is 0 Å². The molecule has 0 aliphatic rings. The van der Waals surface area contributed by atoms with Crippen LogP contribution >= 0.6 is 0 Å². The van der Waals surface area contributed by atoms with E-state index in [9.17, 15) is 14.4 Å². The fourth-order valence-electron chi connectivity index (χ4n) is 1.37. The minimum absolute atomic E-state index is 0.0202. The van der Waals surface area contributed by atoms with E-state index in [1.165, 1.54) is 0 Å². The van der Waals surface area contributed by atoms with Crippen molar-refractivity contribution in [1.82, 2.24) is 0 Å². The molecule has 90 valence electrons. The Morgan fingerprint density at radius 3 is 2.24 bits per heavy atom. The van der Waals surface area contributed by atoms with Crippen molar-refractivity contribution in [1.29, 1.82) is 0 Å². The third-order valence-corrected chi connectivity index (χ3v) is 2.32. The van der Waals surface area contributed by atoms with E-state index in [4.69, 9.17) is 4.74 Å². The molecule has 1 rings (SSSR count). The summed E-state index contributed by atoms with van der Waals surface area (Å²) < 4.78 is 5.04. The van der Waals surface area contributed by atoms with Gasteiger partial charge in [-0.1, -0.05) is 30.3 Å². The van der Waals surface area contributed by atoms with Gasteiger partial charge in [-0.05, 0) is 5.56 Å². The van der Waals surface area contributed by atoms with Crippen LogP contribution in [0.25, 0.3) is 0 Å². The smallest absolute Gasteiger partial charge is 0.310 e. The highest BCUT2D eigenvalue weighted by Crippen LogP contribution is 2.10. The molecule has 0 radical (unpaired) electrons. The maximum Gasteiger partial charge on any atom is 0.310 e. The summed E-state index contributed by atoms with van der Waals surface area (Å²) in [7, 11) is 0. The lowest BCUT2D eigenvalue weighted by Crippen LogP contribution is -2.18. The van der Waals surface area contributed by atoms with Gasteiger partial charge in [-0.2, -0.15) is 0 Å². The van der Waals surface area contributed by atoms with Crippen LogP contribution in [0.3, 0.4) is 0 Å². The summed E-state index contributed by atoms with van der Waals surface area (Å²) in [6, 6.07) is 9.23. The summed E-state index contributed by atoms with van der Waals surface area (Å²) in [5, 5.41) is 0. The van der Waals surface area contributed by atoms with E-state index in [1.54, 1.807) is 0 Å². The Balaban J connectivity index is 2.46. The molecular weight excluding hydrogens is 220 g/mol. The SMILES string of the molecule is O=CCC(CC=O)C(=O)OCc1ccccc1. The lowest BCUT2D eigenvalue weighted by atomic mass is 10.0.